The summed E-state index contributed by atoms with van der Waals surface area (Å²) in [4.78, 5) is 0.0947. The molecule has 134 valence electrons. The van der Waals surface area contributed by atoms with Gasteiger partial charge in [0.1, 0.15) is 6.07 Å². The van der Waals surface area contributed by atoms with Gasteiger partial charge in [-0.1, -0.05) is 43.5 Å². The third kappa shape index (κ3) is 3.80. The van der Waals surface area contributed by atoms with Gasteiger partial charge in [-0.15, -0.1) is 0 Å². The number of hydrogen-bond acceptors (Lipinski definition) is 4. The molecule has 25 heavy (non-hydrogen) atoms. The van der Waals surface area contributed by atoms with E-state index in [1.807, 2.05) is 19.1 Å². The standard InChI is InChI=1S/C20H25NO3S/c1-15-6-8-18(9-7-15)25(22,23)24-19(14-21)16-10-12-20(2)11-4-3-5-17(20)13-16/h6-10,17,19H,3-5,11-13H2,1-2H3/t17-,19-,20+/m1/s1. The maximum atomic E-state index is 12.5. The van der Waals surface area contributed by atoms with Crippen molar-refractivity contribution < 1.29 is 12.6 Å². The lowest BCUT2D eigenvalue weighted by Crippen LogP contribution is -2.35. The summed E-state index contributed by atoms with van der Waals surface area (Å²) in [5.74, 6) is 0.516. The van der Waals surface area contributed by atoms with Crippen LogP contribution in [0.2, 0.25) is 0 Å². The molecule has 0 amide bonds. The second-order valence-corrected chi connectivity index (χ2v) is 9.23. The second-order valence-electron chi connectivity index (χ2n) is 7.66. The molecular weight excluding hydrogens is 334 g/mol. The Morgan fingerprint density at radius 3 is 2.68 bits per heavy atom. The van der Waals surface area contributed by atoms with Gasteiger partial charge in [-0.25, -0.2) is 4.18 Å². The first-order valence-corrected chi connectivity index (χ1v) is 10.3. The van der Waals surface area contributed by atoms with E-state index < -0.39 is 16.2 Å². The van der Waals surface area contributed by atoms with Crippen molar-refractivity contribution >= 4 is 10.1 Å². The minimum absolute atomic E-state index is 0.0947. The van der Waals surface area contributed by atoms with E-state index in [0.717, 1.165) is 30.4 Å². The van der Waals surface area contributed by atoms with Gasteiger partial charge in [0.05, 0.1) is 4.90 Å². The van der Waals surface area contributed by atoms with Crippen molar-refractivity contribution in [2.75, 3.05) is 0 Å². The zero-order valence-corrected chi connectivity index (χ0v) is 15.7. The minimum atomic E-state index is -3.95. The fraction of sp³-hybridized carbons (Fsp3) is 0.550. The zero-order valence-electron chi connectivity index (χ0n) is 14.9. The molecule has 0 aromatic heterocycles. The van der Waals surface area contributed by atoms with Crippen molar-refractivity contribution in [3.05, 3.63) is 41.5 Å². The predicted molar refractivity (Wildman–Crippen MR) is 96.2 cm³/mol. The van der Waals surface area contributed by atoms with E-state index in [-0.39, 0.29) is 10.3 Å². The number of nitrogens with zero attached hydrogens (tertiary/aromatic N) is 1. The molecule has 2 aliphatic rings. The quantitative estimate of drug-likeness (QED) is 0.586. The van der Waals surface area contributed by atoms with E-state index in [9.17, 15) is 13.7 Å². The Balaban J connectivity index is 1.79. The highest BCUT2D eigenvalue weighted by molar-refractivity contribution is 7.86. The van der Waals surface area contributed by atoms with Gasteiger partial charge in [0.2, 0.25) is 0 Å². The summed E-state index contributed by atoms with van der Waals surface area (Å²) in [5, 5.41) is 9.51. The molecule has 0 radical (unpaired) electrons. The summed E-state index contributed by atoms with van der Waals surface area (Å²) in [5.41, 5.74) is 2.09. The summed E-state index contributed by atoms with van der Waals surface area (Å²) < 4.78 is 30.3. The Bertz CT molecular complexity index is 804. The molecule has 1 aromatic rings. The van der Waals surface area contributed by atoms with Crippen molar-refractivity contribution in [3.63, 3.8) is 0 Å². The van der Waals surface area contributed by atoms with Crippen LogP contribution in [0.4, 0.5) is 0 Å². The van der Waals surface area contributed by atoms with Crippen molar-refractivity contribution in [2.45, 2.75) is 63.4 Å². The number of benzene rings is 1. The molecule has 0 N–H and O–H groups in total. The van der Waals surface area contributed by atoms with Gasteiger partial charge in [0, 0.05) is 0 Å². The largest absolute Gasteiger partial charge is 0.298 e. The highest BCUT2D eigenvalue weighted by Crippen LogP contribution is 2.50. The van der Waals surface area contributed by atoms with Crippen molar-refractivity contribution in [2.24, 2.45) is 11.3 Å². The van der Waals surface area contributed by atoms with E-state index >= 15 is 0 Å². The summed E-state index contributed by atoms with van der Waals surface area (Å²) in [6, 6.07) is 8.54. The molecular formula is C20H25NO3S. The Kier molecular flexibility index (Phi) is 5.04. The minimum Gasteiger partial charge on any atom is -0.243 e. The Labute approximate surface area is 150 Å². The normalized spacial score (nSPS) is 27.7. The van der Waals surface area contributed by atoms with Crippen LogP contribution in [0.25, 0.3) is 0 Å². The molecule has 1 saturated carbocycles. The number of aryl methyl sites for hydroxylation is 1. The van der Waals surface area contributed by atoms with Gasteiger partial charge in [-0.3, -0.25) is 0 Å². The van der Waals surface area contributed by atoms with Gasteiger partial charge in [-0.05, 0) is 61.6 Å². The van der Waals surface area contributed by atoms with E-state index in [1.54, 1.807) is 12.1 Å². The smallest absolute Gasteiger partial charge is 0.243 e. The van der Waals surface area contributed by atoms with Crippen LogP contribution in [-0.4, -0.2) is 14.5 Å². The number of hydrogen-bond donors (Lipinski definition) is 0. The van der Waals surface area contributed by atoms with Crippen molar-refractivity contribution in [1.82, 2.24) is 0 Å². The Hall–Kier alpha value is -1.64. The number of nitriles is 1. The maximum absolute atomic E-state index is 12.5. The highest BCUT2D eigenvalue weighted by Gasteiger charge is 2.40. The molecule has 1 fully saturated rings. The second kappa shape index (κ2) is 6.93. The predicted octanol–water partition coefficient (Wildman–Crippen LogP) is 4.51. The van der Waals surface area contributed by atoms with Gasteiger partial charge in [-0.2, -0.15) is 13.7 Å². The van der Waals surface area contributed by atoms with Crippen molar-refractivity contribution in [1.29, 1.82) is 5.26 Å². The van der Waals surface area contributed by atoms with Crippen LogP contribution < -0.4 is 0 Å². The molecule has 4 nitrogen and oxygen atoms in total. The topological polar surface area (TPSA) is 67.2 Å². The maximum Gasteiger partial charge on any atom is 0.298 e. The fourth-order valence-electron chi connectivity index (χ4n) is 4.09. The van der Waals surface area contributed by atoms with Gasteiger partial charge in [0.25, 0.3) is 10.1 Å². The molecule has 0 spiro atoms. The lowest BCUT2D eigenvalue weighted by Gasteiger charge is -2.45. The lowest BCUT2D eigenvalue weighted by atomic mass is 9.61. The highest BCUT2D eigenvalue weighted by atomic mass is 32.2. The van der Waals surface area contributed by atoms with Crippen LogP contribution in [-0.2, 0) is 14.3 Å². The van der Waals surface area contributed by atoms with Crippen LogP contribution in [0.5, 0.6) is 0 Å². The number of allylic oxidation sites excluding steroid dienone is 1. The average Bonchev–Trinajstić information content (AvgIpc) is 2.59. The van der Waals surface area contributed by atoms with E-state index in [0.29, 0.717) is 5.92 Å². The monoisotopic (exact) mass is 359 g/mol. The first-order valence-electron chi connectivity index (χ1n) is 8.92. The number of rotatable bonds is 4. The average molecular weight is 359 g/mol. The third-order valence-corrected chi connectivity index (χ3v) is 7.13. The molecule has 2 aliphatic carbocycles. The zero-order chi connectivity index (χ0) is 18.1. The molecule has 5 heteroatoms. The van der Waals surface area contributed by atoms with E-state index in [1.165, 1.54) is 31.4 Å². The van der Waals surface area contributed by atoms with Crippen LogP contribution in [0.3, 0.4) is 0 Å². The van der Waals surface area contributed by atoms with Gasteiger partial charge >= 0.3 is 0 Å². The lowest BCUT2D eigenvalue weighted by molar-refractivity contribution is 0.102. The van der Waals surface area contributed by atoms with Crippen LogP contribution in [0, 0.1) is 29.6 Å². The van der Waals surface area contributed by atoms with Gasteiger partial charge in [0.15, 0.2) is 6.10 Å². The molecule has 3 rings (SSSR count). The Morgan fingerprint density at radius 2 is 2.00 bits per heavy atom. The molecule has 0 aliphatic heterocycles. The van der Waals surface area contributed by atoms with Crippen LogP contribution >= 0.6 is 0 Å². The first-order chi connectivity index (χ1) is 11.8. The molecule has 3 atom stereocenters. The molecule has 1 aromatic carbocycles. The molecule has 0 unspecified atom stereocenters. The summed E-state index contributed by atoms with van der Waals surface area (Å²) in [6.07, 6.45) is 7.51. The third-order valence-electron chi connectivity index (χ3n) is 5.84. The van der Waals surface area contributed by atoms with E-state index in [2.05, 4.69) is 6.92 Å². The molecule has 0 bridgehead atoms. The van der Waals surface area contributed by atoms with Crippen LogP contribution in [0.1, 0.15) is 51.0 Å². The van der Waals surface area contributed by atoms with Crippen LogP contribution in [0.15, 0.2) is 40.8 Å². The summed E-state index contributed by atoms with van der Waals surface area (Å²) >= 11 is 0. The SMILES string of the molecule is Cc1ccc(S(=O)(=O)O[C@H](C#N)C2=CC[C@]3(C)CCCC[C@@H]3C2)cc1. The fourth-order valence-corrected chi connectivity index (χ4v) is 5.09. The molecule has 0 saturated heterocycles. The first kappa shape index (κ1) is 18.2. The van der Waals surface area contributed by atoms with Crippen molar-refractivity contribution in [3.8, 4) is 6.07 Å². The molecule has 0 heterocycles. The summed E-state index contributed by atoms with van der Waals surface area (Å²) in [7, 11) is -3.95. The number of fused-ring (bicyclic) bond motifs is 1. The summed E-state index contributed by atoms with van der Waals surface area (Å²) in [6.45, 7) is 4.21. The van der Waals surface area contributed by atoms with Gasteiger partial charge < -0.3 is 0 Å². The van der Waals surface area contributed by atoms with E-state index in [4.69, 9.17) is 4.18 Å². The Morgan fingerprint density at radius 1 is 1.28 bits per heavy atom.